The summed E-state index contributed by atoms with van der Waals surface area (Å²) in [4.78, 5) is 35.5. The molecule has 2 amide bonds. The maximum atomic E-state index is 12.0. The van der Waals surface area contributed by atoms with Gasteiger partial charge in [-0.1, -0.05) is 20.8 Å². The second-order valence-electron chi connectivity index (χ2n) is 5.94. The van der Waals surface area contributed by atoms with Gasteiger partial charge in [0.15, 0.2) is 0 Å². The van der Waals surface area contributed by atoms with E-state index in [1.807, 2.05) is 20.8 Å². The van der Waals surface area contributed by atoms with Crippen LogP contribution in [0.3, 0.4) is 0 Å². The molecule has 0 saturated heterocycles. The molecule has 0 heterocycles. The molecule has 7 nitrogen and oxygen atoms in total. The van der Waals surface area contributed by atoms with E-state index in [2.05, 4.69) is 5.32 Å². The Kier molecular flexibility index (Phi) is 7.76. The molecule has 0 aliphatic carbocycles. The minimum Gasteiger partial charge on any atom is -0.481 e. The number of carboxylic acid groups (broad SMARTS) is 1. The highest BCUT2D eigenvalue weighted by Gasteiger charge is 2.29. The van der Waals surface area contributed by atoms with Gasteiger partial charge in [0.05, 0.1) is 19.4 Å². The van der Waals surface area contributed by atoms with Crippen LogP contribution in [0.2, 0.25) is 0 Å². The molecule has 0 aliphatic heterocycles. The summed E-state index contributed by atoms with van der Waals surface area (Å²) in [7, 11) is 1.55. The molecule has 21 heavy (non-hydrogen) atoms. The number of nitrogens with one attached hydrogen (secondary N) is 1. The Morgan fingerprint density at radius 3 is 2.29 bits per heavy atom. The van der Waals surface area contributed by atoms with E-state index in [4.69, 9.17) is 9.84 Å². The lowest BCUT2D eigenvalue weighted by atomic mass is 9.85. The molecule has 0 aromatic rings. The molecule has 0 spiro atoms. The van der Waals surface area contributed by atoms with Crippen molar-refractivity contribution >= 4 is 18.0 Å². The molecular weight excluding hydrogens is 276 g/mol. The van der Waals surface area contributed by atoms with Crippen LogP contribution in [0, 0.1) is 5.41 Å². The zero-order valence-electron chi connectivity index (χ0n) is 13.4. The minimum absolute atomic E-state index is 0.108. The van der Waals surface area contributed by atoms with E-state index in [0.29, 0.717) is 6.61 Å². The van der Waals surface area contributed by atoms with Crippen LogP contribution >= 0.6 is 0 Å². The highest BCUT2D eigenvalue weighted by molar-refractivity contribution is 5.77. The normalized spacial score (nSPS) is 12.4. The van der Waals surface area contributed by atoms with Crippen LogP contribution in [0.1, 0.15) is 40.5 Å². The number of rotatable bonds is 7. The van der Waals surface area contributed by atoms with E-state index in [1.165, 1.54) is 4.90 Å². The van der Waals surface area contributed by atoms with Gasteiger partial charge in [-0.25, -0.2) is 4.79 Å². The maximum absolute atomic E-state index is 12.0. The van der Waals surface area contributed by atoms with Crippen molar-refractivity contribution in [2.24, 2.45) is 5.41 Å². The number of amides is 2. The van der Waals surface area contributed by atoms with Crippen molar-refractivity contribution in [1.29, 1.82) is 0 Å². The molecule has 1 unspecified atom stereocenters. The van der Waals surface area contributed by atoms with Gasteiger partial charge in [-0.05, 0) is 12.3 Å². The molecule has 0 aliphatic rings. The Bertz CT molecular complexity index is 376. The number of urea groups is 1. The van der Waals surface area contributed by atoms with Crippen LogP contribution in [0.15, 0.2) is 0 Å². The Hall–Kier alpha value is -1.79. The van der Waals surface area contributed by atoms with Gasteiger partial charge in [-0.3, -0.25) is 9.59 Å². The summed E-state index contributed by atoms with van der Waals surface area (Å²) in [6, 6.07) is -0.895. The third-order valence-corrected chi connectivity index (χ3v) is 3.03. The molecule has 2 N–H and O–H groups in total. The molecule has 0 aromatic heterocycles. The molecule has 0 fully saturated rings. The highest BCUT2D eigenvalue weighted by atomic mass is 16.5. The van der Waals surface area contributed by atoms with Crippen molar-refractivity contribution in [1.82, 2.24) is 10.2 Å². The summed E-state index contributed by atoms with van der Waals surface area (Å²) in [6.07, 6.45) is -0.0438. The van der Waals surface area contributed by atoms with Gasteiger partial charge in [0.2, 0.25) is 0 Å². The van der Waals surface area contributed by atoms with Crippen LogP contribution in [0.25, 0.3) is 0 Å². The van der Waals surface area contributed by atoms with Crippen molar-refractivity contribution in [2.75, 3.05) is 20.2 Å². The number of nitrogens with zero attached hydrogens (tertiary/aromatic N) is 1. The Balaban J connectivity index is 4.47. The number of hydrogen-bond acceptors (Lipinski definition) is 4. The number of ether oxygens (including phenoxy) is 1. The molecule has 0 aromatic carbocycles. The second-order valence-corrected chi connectivity index (χ2v) is 5.94. The summed E-state index contributed by atoms with van der Waals surface area (Å²) in [5.74, 6) is -1.33. The van der Waals surface area contributed by atoms with E-state index in [1.54, 1.807) is 14.0 Å². The average molecular weight is 302 g/mol. The standard InChI is InChI=1S/C14H26N2O5/c1-6-21-12(19)7-8-16(5)13(20)15-10(9-11(17)18)14(2,3)4/h10H,6-9H2,1-5H3,(H,15,20)(H,17,18). The smallest absolute Gasteiger partial charge is 0.317 e. The zero-order valence-corrected chi connectivity index (χ0v) is 13.4. The summed E-state index contributed by atoms with van der Waals surface area (Å²) in [5.41, 5.74) is -0.379. The van der Waals surface area contributed by atoms with Crippen LogP contribution in [-0.4, -0.2) is 54.2 Å². The summed E-state index contributed by atoms with van der Waals surface area (Å²) in [6.45, 7) is 7.82. The van der Waals surface area contributed by atoms with Gasteiger partial charge in [0, 0.05) is 19.6 Å². The quantitative estimate of drug-likeness (QED) is 0.694. The largest absolute Gasteiger partial charge is 0.481 e. The number of carbonyl (C=O) groups is 3. The monoisotopic (exact) mass is 302 g/mol. The number of aliphatic carboxylic acids is 1. The van der Waals surface area contributed by atoms with Crippen molar-refractivity contribution in [2.45, 2.75) is 46.6 Å². The first kappa shape index (κ1) is 19.2. The Morgan fingerprint density at radius 2 is 1.86 bits per heavy atom. The summed E-state index contributed by atoms with van der Waals surface area (Å²) in [5, 5.41) is 11.6. The molecule has 0 rings (SSSR count). The zero-order chi connectivity index (χ0) is 16.6. The fourth-order valence-electron chi connectivity index (χ4n) is 1.60. The van der Waals surface area contributed by atoms with Gasteiger partial charge in [0.1, 0.15) is 0 Å². The van der Waals surface area contributed by atoms with E-state index in [0.717, 1.165) is 0 Å². The van der Waals surface area contributed by atoms with Crippen LogP contribution in [0.5, 0.6) is 0 Å². The molecular formula is C14H26N2O5. The van der Waals surface area contributed by atoms with Crippen molar-refractivity contribution in [3.63, 3.8) is 0 Å². The highest BCUT2D eigenvalue weighted by Crippen LogP contribution is 2.22. The lowest BCUT2D eigenvalue weighted by molar-refractivity contribution is -0.143. The Morgan fingerprint density at radius 1 is 1.29 bits per heavy atom. The predicted molar refractivity (Wildman–Crippen MR) is 77.9 cm³/mol. The van der Waals surface area contributed by atoms with Crippen LogP contribution in [-0.2, 0) is 14.3 Å². The van der Waals surface area contributed by atoms with Gasteiger partial charge < -0.3 is 20.1 Å². The first-order valence-corrected chi connectivity index (χ1v) is 6.97. The predicted octanol–water partition coefficient (Wildman–Crippen LogP) is 1.47. The molecule has 1 atom stereocenters. The van der Waals surface area contributed by atoms with Gasteiger partial charge in [0.25, 0.3) is 0 Å². The van der Waals surface area contributed by atoms with Gasteiger partial charge in [-0.15, -0.1) is 0 Å². The fraction of sp³-hybridized carbons (Fsp3) is 0.786. The lowest BCUT2D eigenvalue weighted by Gasteiger charge is -2.32. The fourth-order valence-corrected chi connectivity index (χ4v) is 1.60. The number of hydrogen-bond donors (Lipinski definition) is 2. The average Bonchev–Trinajstić information content (AvgIpc) is 2.33. The molecule has 0 bridgehead atoms. The van der Waals surface area contributed by atoms with Gasteiger partial charge in [-0.2, -0.15) is 0 Å². The van der Waals surface area contributed by atoms with E-state index in [-0.39, 0.29) is 30.8 Å². The molecule has 0 saturated carbocycles. The van der Waals surface area contributed by atoms with Gasteiger partial charge >= 0.3 is 18.0 Å². The topological polar surface area (TPSA) is 95.9 Å². The van der Waals surface area contributed by atoms with Crippen molar-refractivity contribution in [3.8, 4) is 0 Å². The number of esters is 1. The van der Waals surface area contributed by atoms with E-state index >= 15 is 0 Å². The molecule has 0 radical (unpaired) electrons. The Labute approximate surface area is 125 Å². The first-order chi connectivity index (χ1) is 9.57. The maximum Gasteiger partial charge on any atom is 0.317 e. The van der Waals surface area contributed by atoms with Crippen LogP contribution in [0.4, 0.5) is 4.79 Å². The summed E-state index contributed by atoms with van der Waals surface area (Å²) >= 11 is 0. The lowest BCUT2D eigenvalue weighted by Crippen LogP contribution is -2.49. The van der Waals surface area contributed by atoms with E-state index in [9.17, 15) is 14.4 Å². The van der Waals surface area contributed by atoms with Crippen molar-refractivity contribution in [3.05, 3.63) is 0 Å². The SMILES string of the molecule is CCOC(=O)CCN(C)C(=O)NC(CC(=O)O)C(C)(C)C. The number of carbonyl (C=O) groups excluding carboxylic acids is 2. The first-order valence-electron chi connectivity index (χ1n) is 6.97. The van der Waals surface area contributed by atoms with E-state index < -0.39 is 18.0 Å². The third kappa shape index (κ3) is 8.16. The summed E-state index contributed by atoms with van der Waals surface area (Å²) < 4.78 is 4.78. The van der Waals surface area contributed by atoms with Crippen molar-refractivity contribution < 1.29 is 24.2 Å². The third-order valence-electron chi connectivity index (χ3n) is 3.03. The second kappa shape index (κ2) is 8.49. The number of carboxylic acids is 1. The molecule has 7 heteroatoms. The molecule has 122 valence electrons. The minimum atomic E-state index is -0.968. The van der Waals surface area contributed by atoms with Crippen LogP contribution < -0.4 is 5.32 Å².